The lowest BCUT2D eigenvalue weighted by molar-refractivity contribution is 0.180. The van der Waals surface area contributed by atoms with Gasteiger partial charge in [-0.1, -0.05) is 72.8 Å². The highest BCUT2D eigenvalue weighted by Gasteiger charge is 2.25. The minimum Gasteiger partial charge on any atom is -0.312 e. The number of nitrogens with zero attached hydrogens (tertiary/aromatic N) is 4. The van der Waals surface area contributed by atoms with Crippen LogP contribution in [-0.4, -0.2) is 36.9 Å². The van der Waals surface area contributed by atoms with Crippen LogP contribution in [0, 0.1) is 0 Å². The molecule has 6 heteroatoms. The fourth-order valence-corrected chi connectivity index (χ4v) is 7.67. The number of hydrogen-bond donors (Lipinski definition) is 1. The lowest BCUT2D eigenvalue weighted by atomic mass is 9.87. The van der Waals surface area contributed by atoms with Gasteiger partial charge in [0, 0.05) is 43.0 Å². The third-order valence-electron chi connectivity index (χ3n) is 9.84. The lowest BCUT2D eigenvalue weighted by Crippen LogP contribution is -2.36. The third-order valence-corrected chi connectivity index (χ3v) is 9.84. The monoisotopic (exact) mass is 575 g/mol. The van der Waals surface area contributed by atoms with Gasteiger partial charge in [0.25, 0.3) is 0 Å². The summed E-state index contributed by atoms with van der Waals surface area (Å²) in [5.74, 6) is 0. The smallest absolute Gasteiger partial charge is 0.312 e. The number of para-hydroxylation sites is 4. The summed E-state index contributed by atoms with van der Waals surface area (Å²) in [6, 6.07) is 34.6. The van der Waals surface area contributed by atoms with Gasteiger partial charge in [-0.3, -0.25) is 9.47 Å². The maximum atomic E-state index is 12.7. The minimum atomic E-state index is 0.00473. The predicted molar refractivity (Wildman–Crippen MR) is 177 cm³/mol. The lowest BCUT2D eigenvalue weighted by Gasteiger charge is -2.32. The zero-order chi connectivity index (χ0) is 29.2. The number of rotatable bonds is 4. The first-order valence-electron chi connectivity index (χ1n) is 15.7. The SMILES string of the molecule is O=c1[nH]c2ccccc2n1C1CCN(Cc2ccc(-c3nc4ccccc4n4cc5c(c34)CCc3ccccc3-5)cc2)CC1. The van der Waals surface area contributed by atoms with Crippen LogP contribution in [0.1, 0.15) is 35.6 Å². The Morgan fingerprint density at radius 2 is 1.52 bits per heavy atom. The second kappa shape index (κ2) is 10.1. The highest BCUT2D eigenvalue weighted by Crippen LogP contribution is 2.41. The number of nitrogens with one attached hydrogen (secondary N) is 1. The number of imidazole rings is 1. The average molecular weight is 576 g/mol. The summed E-state index contributed by atoms with van der Waals surface area (Å²) in [6.07, 6.45) is 6.36. The molecule has 1 aliphatic carbocycles. The van der Waals surface area contributed by atoms with Gasteiger partial charge in [-0.25, -0.2) is 9.78 Å². The molecular formula is C38H33N5O. The van der Waals surface area contributed by atoms with Crippen molar-refractivity contribution in [2.75, 3.05) is 13.1 Å². The molecule has 1 fully saturated rings. The van der Waals surface area contributed by atoms with Crippen LogP contribution < -0.4 is 5.69 Å². The molecule has 1 saturated heterocycles. The molecule has 0 bridgehead atoms. The number of aromatic nitrogens is 4. The second-order valence-electron chi connectivity index (χ2n) is 12.4. The van der Waals surface area contributed by atoms with Crippen LogP contribution in [0.5, 0.6) is 0 Å². The van der Waals surface area contributed by atoms with E-state index in [0.29, 0.717) is 0 Å². The summed E-state index contributed by atoms with van der Waals surface area (Å²) in [7, 11) is 0. The minimum absolute atomic E-state index is 0.00473. The van der Waals surface area contributed by atoms with Gasteiger partial charge in [-0.2, -0.15) is 0 Å². The van der Waals surface area contributed by atoms with E-state index >= 15 is 0 Å². The highest BCUT2D eigenvalue weighted by atomic mass is 16.1. The molecule has 7 aromatic rings. The number of hydrogen-bond acceptors (Lipinski definition) is 3. The van der Waals surface area contributed by atoms with Crippen molar-refractivity contribution in [3.63, 3.8) is 0 Å². The van der Waals surface area contributed by atoms with E-state index in [4.69, 9.17) is 4.98 Å². The topological polar surface area (TPSA) is 58.3 Å². The number of likely N-dealkylation sites (tertiary alicyclic amines) is 1. The fraction of sp³-hybridized carbons (Fsp3) is 0.211. The molecule has 4 heterocycles. The Morgan fingerprint density at radius 1 is 0.773 bits per heavy atom. The molecule has 4 aromatic carbocycles. The molecule has 44 heavy (non-hydrogen) atoms. The third kappa shape index (κ3) is 4.05. The Kier molecular flexibility index (Phi) is 5.85. The van der Waals surface area contributed by atoms with Crippen LogP contribution in [0.25, 0.3) is 50.0 Å². The summed E-state index contributed by atoms with van der Waals surface area (Å²) < 4.78 is 4.35. The Bertz CT molecular complexity index is 2250. The van der Waals surface area contributed by atoms with Crippen molar-refractivity contribution in [3.05, 3.63) is 130 Å². The van der Waals surface area contributed by atoms with Crippen LogP contribution in [0.2, 0.25) is 0 Å². The average Bonchev–Trinajstić information content (AvgIpc) is 3.63. The molecule has 0 radical (unpaired) electrons. The molecule has 9 rings (SSSR count). The van der Waals surface area contributed by atoms with Crippen molar-refractivity contribution in [2.45, 2.75) is 38.3 Å². The molecule has 6 nitrogen and oxygen atoms in total. The zero-order valence-corrected chi connectivity index (χ0v) is 24.5. The van der Waals surface area contributed by atoms with Gasteiger partial charge in [0.2, 0.25) is 0 Å². The predicted octanol–water partition coefficient (Wildman–Crippen LogP) is 7.40. The molecule has 0 atom stereocenters. The van der Waals surface area contributed by atoms with Crippen molar-refractivity contribution in [2.24, 2.45) is 0 Å². The number of H-pyrrole nitrogens is 1. The van der Waals surface area contributed by atoms with Crippen LogP contribution in [0.15, 0.2) is 108 Å². The molecule has 1 aliphatic heterocycles. The van der Waals surface area contributed by atoms with Gasteiger partial charge in [0.15, 0.2) is 0 Å². The Balaban J connectivity index is 1.01. The van der Waals surface area contributed by atoms with E-state index in [1.165, 1.54) is 33.3 Å². The van der Waals surface area contributed by atoms with Crippen LogP contribution in [0.3, 0.4) is 0 Å². The first-order chi connectivity index (χ1) is 21.7. The van der Waals surface area contributed by atoms with E-state index in [0.717, 1.165) is 78.6 Å². The number of aromatic amines is 1. The van der Waals surface area contributed by atoms with Gasteiger partial charge in [-0.05, 0) is 72.2 Å². The number of benzene rings is 4. The van der Waals surface area contributed by atoms with Gasteiger partial charge in [-0.15, -0.1) is 0 Å². The van der Waals surface area contributed by atoms with Crippen LogP contribution >= 0.6 is 0 Å². The van der Waals surface area contributed by atoms with Crippen molar-refractivity contribution in [3.8, 4) is 22.4 Å². The molecule has 216 valence electrons. The summed E-state index contributed by atoms with van der Waals surface area (Å²) in [5, 5.41) is 0. The molecular weight excluding hydrogens is 542 g/mol. The van der Waals surface area contributed by atoms with Gasteiger partial charge in [0.05, 0.1) is 33.3 Å². The molecule has 2 aliphatic rings. The van der Waals surface area contributed by atoms with Crippen molar-refractivity contribution in [1.82, 2.24) is 23.8 Å². The maximum Gasteiger partial charge on any atom is 0.326 e. The van der Waals surface area contributed by atoms with E-state index in [1.807, 2.05) is 28.8 Å². The van der Waals surface area contributed by atoms with E-state index in [1.54, 1.807) is 0 Å². The van der Waals surface area contributed by atoms with Gasteiger partial charge < -0.3 is 9.38 Å². The standard InChI is InChI=1S/C38H33N5O/c44-38-40-33-10-4-6-12-35(33)43(38)28-19-21-41(22-20-28)23-25-13-15-27(16-14-25)36-37-30-18-17-26-7-1-2-8-29(26)31(30)24-42(37)34-11-5-3-9-32(34)39-36/h1-16,24,28H,17-23H2,(H,40,44). The quantitative estimate of drug-likeness (QED) is 0.238. The largest absolute Gasteiger partial charge is 0.326 e. The van der Waals surface area contributed by atoms with Gasteiger partial charge >= 0.3 is 5.69 Å². The number of fused-ring (bicyclic) bond motifs is 8. The second-order valence-corrected chi connectivity index (χ2v) is 12.4. The summed E-state index contributed by atoms with van der Waals surface area (Å²) in [6.45, 7) is 2.86. The van der Waals surface area contributed by atoms with Crippen LogP contribution in [-0.2, 0) is 19.4 Å². The molecule has 0 unspecified atom stereocenters. The van der Waals surface area contributed by atoms with E-state index in [2.05, 4.69) is 93.3 Å². The van der Waals surface area contributed by atoms with E-state index in [-0.39, 0.29) is 11.7 Å². The molecule has 0 spiro atoms. The summed E-state index contributed by atoms with van der Waals surface area (Å²) in [4.78, 5) is 23.5. The Hall–Kier alpha value is -4.94. The number of piperidine rings is 1. The molecule has 0 amide bonds. The Morgan fingerprint density at radius 3 is 2.39 bits per heavy atom. The summed E-state index contributed by atoms with van der Waals surface area (Å²) >= 11 is 0. The molecule has 0 saturated carbocycles. The highest BCUT2D eigenvalue weighted by molar-refractivity contribution is 5.94. The van der Waals surface area contributed by atoms with Crippen molar-refractivity contribution >= 4 is 27.6 Å². The molecule has 1 N–H and O–H groups in total. The van der Waals surface area contributed by atoms with Crippen molar-refractivity contribution in [1.29, 1.82) is 0 Å². The first-order valence-corrected chi connectivity index (χ1v) is 15.7. The zero-order valence-electron chi connectivity index (χ0n) is 24.5. The van der Waals surface area contributed by atoms with Crippen molar-refractivity contribution < 1.29 is 0 Å². The number of aryl methyl sites for hydroxylation is 2. The van der Waals surface area contributed by atoms with E-state index in [9.17, 15) is 4.79 Å². The van der Waals surface area contributed by atoms with Gasteiger partial charge in [0.1, 0.15) is 0 Å². The first kappa shape index (κ1) is 25.5. The normalized spacial score (nSPS) is 15.6. The van der Waals surface area contributed by atoms with E-state index < -0.39 is 0 Å². The molecule has 3 aromatic heterocycles. The fourth-order valence-electron chi connectivity index (χ4n) is 7.67. The summed E-state index contributed by atoms with van der Waals surface area (Å²) in [5.41, 5.74) is 14.4. The maximum absolute atomic E-state index is 12.7. The van der Waals surface area contributed by atoms with Crippen LogP contribution in [0.4, 0.5) is 0 Å². The Labute approximate surface area is 255 Å².